The molecule has 0 unspecified atom stereocenters. The fourth-order valence-electron chi connectivity index (χ4n) is 2.38. The SMILES string of the molecule is Cc1cccc2c(-c3ccc(CC(=O)O)cn3)c[nH]c12. The predicted octanol–water partition coefficient (Wildman–Crippen LogP) is 3.17. The van der Waals surface area contributed by atoms with E-state index >= 15 is 0 Å². The van der Waals surface area contributed by atoms with Gasteiger partial charge in [0.15, 0.2) is 0 Å². The molecular formula is C16H14N2O2. The first-order valence-corrected chi connectivity index (χ1v) is 6.39. The minimum atomic E-state index is -0.845. The zero-order chi connectivity index (χ0) is 14.1. The van der Waals surface area contributed by atoms with Crippen LogP contribution in [0.15, 0.2) is 42.7 Å². The summed E-state index contributed by atoms with van der Waals surface area (Å²) in [4.78, 5) is 18.3. The van der Waals surface area contributed by atoms with Gasteiger partial charge in [0.05, 0.1) is 12.1 Å². The normalized spacial score (nSPS) is 10.8. The van der Waals surface area contributed by atoms with E-state index in [9.17, 15) is 4.79 Å². The summed E-state index contributed by atoms with van der Waals surface area (Å²) in [6, 6.07) is 9.81. The van der Waals surface area contributed by atoms with Crippen molar-refractivity contribution in [1.29, 1.82) is 0 Å². The van der Waals surface area contributed by atoms with Crippen molar-refractivity contribution >= 4 is 16.9 Å². The molecule has 20 heavy (non-hydrogen) atoms. The highest BCUT2D eigenvalue weighted by atomic mass is 16.4. The highest BCUT2D eigenvalue weighted by Gasteiger charge is 2.09. The van der Waals surface area contributed by atoms with Gasteiger partial charge in [0.1, 0.15) is 0 Å². The molecule has 0 atom stereocenters. The number of carboxylic acid groups (broad SMARTS) is 1. The van der Waals surface area contributed by atoms with Crippen LogP contribution in [-0.2, 0) is 11.2 Å². The third-order valence-corrected chi connectivity index (χ3v) is 3.38. The summed E-state index contributed by atoms with van der Waals surface area (Å²) in [5.74, 6) is -0.845. The molecule has 3 rings (SSSR count). The van der Waals surface area contributed by atoms with Gasteiger partial charge in [-0.3, -0.25) is 9.78 Å². The molecule has 2 N–H and O–H groups in total. The van der Waals surface area contributed by atoms with Crippen LogP contribution in [0.5, 0.6) is 0 Å². The second-order valence-corrected chi connectivity index (χ2v) is 4.82. The summed E-state index contributed by atoms with van der Waals surface area (Å²) < 4.78 is 0. The Hall–Kier alpha value is -2.62. The molecule has 3 aromatic rings. The number of rotatable bonds is 3. The summed E-state index contributed by atoms with van der Waals surface area (Å²) >= 11 is 0. The topological polar surface area (TPSA) is 66.0 Å². The van der Waals surface area contributed by atoms with Crippen LogP contribution in [0.3, 0.4) is 0 Å². The molecule has 4 nitrogen and oxygen atoms in total. The van der Waals surface area contributed by atoms with Crippen LogP contribution < -0.4 is 0 Å². The van der Waals surface area contributed by atoms with Gasteiger partial charge in [-0.15, -0.1) is 0 Å². The van der Waals surface area contributed by atoms with Crippen molar-refractivity contribution in [3.05, 3.63) is 53.9 Å². The van der Waals surface area contributed by atoms with Gasteiger partial charge in [-0.1, -0.05) is 24.3 Å². The minimum Gasteiger partial charge on any atom is -0.481 e. The van der Waals surface area contributed by atoms with E-state index in [-0.39, 0.29) is 6.42 Å². The average Bonchev–Trinajstić information content (AvgIpc) is 2.84. The monoisotopic (exact) mass is 266 g/mol. The van der Waals surface area contributed by atoms with Crippen molar-refractivity contribution in [2.75, 3.05) is 0 Å². The van der Waals surface area contributed by atoms with Crippen LogP contribution in [0.2, 0.25) is 0 Å². The Labute approximate surface area is 116 Å². The molecule has 0 saturated carbocycles. The maximum Gasteiger partial charge on any atom is 0.307 e. The Morgan fingerprint density at radius 1 is 1.30 bits per heavy atom. The van der Waals surface area contributed by atoms with Crippen LogP contribution in [0.1, 0.15) is 11.1 Å². The van der Waals surface area contributed by atoms with Crippen LogP contribution in [-0.4, -0.2) is 21.0 Å². The zero-order valence-electron chi connectivity index (χ0n) is 11.1. The number of carboxylic acids is 1. The first-order valence-electron chi connectivity index (χ1n) is 6.39. The highest BCUT2D eigenvalue weighted by molar-refractivity contribution is 5.96. The molecule has 0 aliphatic carbocycles. The lowest BCUT2D eigenvalue weighted by Crippen LogP contribution is -2.00. The van der Waals surface area contributed by atoms with Gasteiger partial charge in [0.2, 0.25) is 0 Å². The lowest BCUT2D eigenvalue weighted by molar-refractivity contribution is -0.136. The second-order valence-electron chi connectivity index (χ2n) is 4.82. The number of aliphatic carboxylic acids is 1. The van der Waals surface area contributed by atoms with E-state index in [1.165, 1.54) is 5.56 Å². The number of aromatic nitrogens is 2. The summed E-state index contributed by atoms with van der Waals surface area (Å²) in [5.41, 5.74) is 4.88. The van der Waals surface area contributed by atoms with Crippen molar-refractivity contribution in [3.8, 4) is 11.3 Å². The standard InChI is InChI=1S/C16H14N2O2/c1-10-3-2-4-12-13(9-18-16(10)12)14-6-5-11(8-17-14)7-15(19)20/h2-6,8-9,18H,7H2,1H3,(H,19,20). The van der Waals surface area contributed by atoms with Crippen molar-refractivity contribution in [2.45, 2.75) is 13.3 Å². The molecule has 0 fully saturated rings. The van der Waals surface area contributed by atoms with Crippen LogP contribution >= 0.6 is 0 Å². The van der Waals surface area contributed by atoms with E-state index in [2.05, 4.69) is 29.0 Å². The van der Waals surface area contributed by atoms with E-state index in [1.54, 1.807) is 6.20 Å². The molecule has 0 radical (unpaired) electrons. The molecule has 1 aromatic carbocycles. The maximum atomic E-state index is 10.7. The number of aryl methyl sites for hydroxylation is 1. The van der Waals surface area contributed by atoms with Gasteiger partial charge in [0.25, 0.3) is 0 Å². The maximum absolute atomic E-state index is 10.7. The van der Waals surface area contributed by atoms with Crippen molar-refractivity contribution in [1.82, 2.24) is 9.97 Å². The molecule has 4 heteroatoms. The van der Waals surface area contributed by atoms with E-state index in [0.717, 1.165) is 22.2 Å². The van der Waals surface area contributed by atoms with Crippen LogP contribution in [0.25, 0.3) is 22.2 Å². The number of benzene rings is 1. The highest BCUT2D eigenvalue weighted by Crippen LogP contribution is 2.28. The average molecular weight is 266 g/mol. The first-order chi connectivity index (χ1) is 9.65. The molecule has 2 aromatic heterocycles. The second kappa shape index (κ2) is 4.81. The fraction of sp³-hybridized carbons (Fsp3) is 0.125. The third-order valence-electron chi connectivity index (χ3n) is 3.38. The minimum absolute atomic E-state index is 0.000271. The smallest absolute Gasteiger partial charge is 0.307 e. The van der Waals surface area contributed by atoms with E-state index in [4.69, 9.17) is 5.11 Å². The lowest BCUT2D eigenvalue weighted by atomic mass is 10.1. The lowest BCUT2D eigenvalue weighted by Gasteiger charge is -2.01. The number of carbonyl (C=O) groups is 1. The number of pyridine rings is 1. The Morgan fingerprint density at radius 2 is 2.15 bits per heavy atom. The Kier molecular flexibility index (Phi) is 2.99. The van der Waals surface area contributed by atoms with Crippen LogP contribution in [0, 0.1) is 6.92 Å². The Morgan fingerprint density at radius 3 is 2.85 bits per heavy atom. The van der Waals surface area contributed by atoms with Gasteiger partial charge in [0, 0.05) is 28.9 Å². The largest absolute Gasteiger partial charge is 0.481 e. The van der Waals surface area contributed by atoms with Crippen molar-refractivity contribution in [2.24, 2.45) is 0 Å². The molecule has 2 heterocycles. The Bertz CT molecular complexity index is 773. The Balaban J connectivity index is 2.03. The molecule has 0 amide bonds. The molecule has 0 spiro atoms. The van der Waals surface area contributed by atoms with Gasteiger partial charge >= 0.3 is 5.97 Å². The van der Waals surface area contributed by atoms with E-state index < -0.39 is 5.97 Å². The molecule has 0 bridgehead atoms. The van der Waals surface area contributed by atoms with Crippen LogP contribution in [0.4, 0.5) is 0 Å². The number of fused-ring (bicyclic) bond motifs is 1. The number of nitrogens with zero attached hydrogens (tertiary/aromatic N) is 1. The number of aromatic amines is 1. The number of hydrogen-bond donors (Lipinski definition) is 2. The number of H-pyrrole nitrogens is 1. The number of para-hydroxylation sites is 1. The molecule has 0 aliphatic heterocycles. The number of hydrogen-bond acceptors (Lipinski definition) is 2. The summed E-state index contributed by atoms with van der Waals surface area (Å²) in [6.45, 7) is 2.06. The summed E-state index contributed by atoms with van der Waals surface area (Å²) in [6.07, 6.45) is 3.56. The van der Waals surface area contributed by atoms with Crippen molar-refractivity contribution in [3.63, 3.8) is 0 Å². The third kappa shape index (κ3) is 2.16. The zero-order valence-corrected chi connectivity index (χ0v) is 11.1. The quantitative estimate of drug-likeness (QED) is 0.765. The van der Waals surface area contributed by atoms with Gasteiger partial charge < -0.3 is 10.1 Å². The van der Waals surface area contributed by atoms with Gasteiger partial charge in [-0.2, -0.15) is 0 Å². The van der Waals surface area contributed by atoms with E-state index in [1.807, 2.05) is 24.4 Å². The van der Waals surface area contributed by atoms with E-state index in [0.29, 0.717) is 5.56 Å². The van der Waals surface area contributed by atoms with Gasteiger partial charge in [-0.25, -0.2) is 0 Å². The molecule has 0 aliphatic rings. The predicted molar refractivity (Wildman–Crippen MR) is 77.6 cm³/mol. The molecular weight excluding hydrogens is 252 g/mol. The fourth-order valence-corrected chi connectivity index (χ4v) is 2.38. The van der Waals surface area contributed by atoms with Crippen molar-refractivity contribution < 1.29 is 9.90 Å². The molecule has 0 saturated heterocycles. The first kappa shape index (κ1) is 12.4. The summed E-state index contributed by atoms with van der Waals surface area (Å²) in [7, 11) is 0. The molecule has 100 valence electrons. The number of nitrogens with one attached hydrogen (secondary N) is 1. The summed E-state index contributed by atoms with van der Waals surface area (Å²) in [5, 5.41) is 9.89. The van der Waals surface area contributed by atoms with Gasteiger partial charge in [-0.05, 0) is 24.1 Å².